The van der Waals surface area contributed by atoms with Crippen LogP contribution >= 0.6 is 28.3 Å². The van der Waals surface area contributed by atoms with Crippen LogP contribution in [-0.2, 0) is 13.1 Å². The molecule has 1 aromatic heterocycles. The summed E-state index contributed by atoms with van der Waals surface area (Å²) in [6, 6.07) is 9.93. The number of aromatic nitrogens is 1. The van der Waals surface area contributed by atoms with Crippen molar-refractivity contribution in [3.63, 3.8) is 0 Å². The molecule has 0 atom stereocenters. The fraction of sp³-hybridized carbons (Fsp3) is 0.312. The summed E-state index contributed by atoms with van der Waals surface area (Å²) in [5, 5.41) is 3.37. The molecule has 6 heteroatoms. The minimum atomic E-state index is 0. The Bertz CT molecular complexity index is 582. The molecule has 1 N–H and O–H groups in total. The number of benzene rings is 1. The molecule has 0 bridgehead atoms. The average Bonchev–Trinajstić information content (AvgIpc) is 2.51. The summed E-state index contributed by atoms with van der Waals surface area (Å²) < 4.78 is 11.9. The summed E-state index contributed by atoms with van der Waals surface area (Å²) in [4.78, 5) is 4.28. The molecule has 0 amide bonds. The number of nitrogens with zero attached hydrogens (tertiary/aromatic N) is 1. The van der Waals surface area contributed by atoms with Gasteiger partial charge in [-0.2, -0.15) is 0 Å². The van der Waals surface area contributed by atoms with Crippen molar-refractivity contribution in [3.05, 3.63) is 52.3 Å². The zero-order valence-electron chi connectivity index (χ0n) is 12.6. The fourth-order valence-electron chi connectivity index (χ4n) is 2.00. The molecule has 2 aromatic rings. The van der Waals surface area contributed by atoms with Crippen molar-refractivity contribution < 1.29 is 9.47 Å². The van der Waals surface area contributed by atoms with E-state index < -0.39 is 0 Å². The van der Waals surface area contributed by atoms with Crippen molar-refractivity contribution in [1.29, 1.82) is 0 Å². The lowest BCUT2D eigenvalue weighted by atomic mass is 10.2. The summed E-state index contributed by atoms with van der Waals surface area (Å²) >= 11 is 3.53. The molecule has 0 radical (unpaired) electrons. The Morgan fingerprint density at radius 2 is 2.05 bits per heavy atom. The van der Waals surface area contributed by atoms with Gasteiger partial charge in [0.25, 0.3) is 0 Å². The van der Waals surface area contributed by atoms with Crippen LogP contribution in [0.3, 0.4) is 0 Å². The lowest BCUT2D eigenvalue weighted by Gasteiger charge is -2.13. The van der Waals surface area contributed by atoms with E-state index >= 15 is 0 Å². The first-order chi connectivity index (χ1) is 10.2. The van der Waals surface area contributed by atoms with Gasteiger partial charge in [-0.25, -0.2) is 0 Å². The van der Waals surface area contributed by atoms with Crippen molar-refractivity contribution in [2.75, 3.05) is 13.7 Å². The fourth-order valence-corrected chi connectivity index (χ4v) is 2.60. The summed E-state index contributed by atoms with van der Waals surface area (Å²) in [6.45, 7) is 4.02. The van der Waals surface area contributed by atoms with Crippen molar-refractivity contribution >= 4 is 28.3 Å². The van der Waals surface area contributed by atoms with Gasteiger partial charge < -0.3 is 14.8 Å². The second-order valence-corrected chi connectivity index (χ2v) is 5.32. The van der Waals surface area contributed by atoms with Crippen LogP contribution in [0.1, 0.15) is 18.2 Å². The second kappa shape index (κ2) is 9.66. The van der Waals surface area contributed by atoms with Gasteiger partial charge in [0.1, 0.15) is 0 Å². The Balaban J connectivity index is 0.00000242. The minimum absolute atomic E-state index is 0. The predicted octanol–water partition coefficient (Wildman–Crippen LogP) is 3.96. The Labute approximate surface area is 145 Å². The third kappa shape index (κ3) is 5.16. The maximum absolute atomic E-state index is 5.59. The quantitative estimate of drug-likeness (QED) is 0.781. The maximum atomic E-state index is 5.59. The molecular formula is C16H20BrClN2O2. The Hall–Kier alpha value is -1.30. The number of hydrogen-bond donors (Lipinski definition) is 1. The normalized spacial score (nSPS) is 9.95. The molecule has 0 spiro atoms. The number of rotatable bonds is 7. The molecule has 0 aliphatic heterocycles. The van der Waals surface area contributed by atoms with Crippen LogP contribution < -0.4 is 14.8 Å². The van der Waals surface area contributed by atoms with E-state index in [2.05, 4.69) is 26.2 Å². The highest BCUT2D eigenvalue weighted by molar-refractivity contribution is 9.10. The van der Waals surface area contributed by atoms with Crippen LogP contribution in [0.2, 0.25) is 0 Å². The second-order valence-electron chi connectivity index (χ2n) is 4.47. The molecule has 0 fully saturated rings. The molecule has 0 aliphatic rings. The number of hydrogen-bond acceptors (Lipinski definition) is 4. The van der Waals surface area contributed by atoms with Crippen LogP contribution in [0.4, 0.5) is 0 Å². The average molecular weight is 388 g/mol. The zero-order chi connectivity index (χ0) is 15.1. The molecule has 1 aromatic carbocycles. The molecule has 0 unspecified atom stereocenters. The van der Waals surface area contributed by atoms with Crippen molar-refractivity contribution in [2.24, 2.45) is 0 Å². The van der Waals surface area contributed by atoms with E-state index in [1.54, 1.807) is 13.3 Å². The van der Waals surface area contributed by atoms with Crippen molar-refractivity contribution in [3.8, 4) is 11.5 Å². The largest absolute Gasteiger partial charge is 0.493 e. The van der Waals surface area contributed by atoms with Crippen LogP contribution in [0.5, 0.6) is 11.5 Å². The molecule has 0 aliphatic carbocycles. The number of methoxy groups -OCH3 is 1. The van der Waals surface area contributed by atoms with Crippen LogP contribution in [-0.4, -0.2) is 18.7 Å². The first-order valence-corrected chi connectivity index (χ1v) is 7.63. The lowest BCUT2D eigenvalue weighted by molar-refractivity contribution is 0.308. The van der Waals surface area contributed by atoms with Gasteiger partial charge in [0.15, 0.2) is 11.5 Å². The van der Waals surface area contributed by atoms with Gasteiger partial charge in [0.2, 0.25) is 0 Å². The molecule has 22 heavy (non-hydrogen) atoms. The van der Waals surface area contributed by atoms with E-state index in [1.807, 2.05) is 37.3 Å². The SMILES string of the molecule is CCOc1c(Br)cc(CNCc2ccccn2)cc1OC.Cl. The van der Waals surface area contributed by atoms with E-state index in [0.717, 1.165) is 40.3 Å². The summed E-state index contributed by atoms with van der Waals surface area (Å²) in [5.41, 5.74) is 2.15. The smallest absolute Gasteiger partial charge is 0.175 e. The van der Waals surface area contributed by atoms with E-state index in [0.29, 0.717) is 6.61 Å². The minimum Gasteiger partial charge on any atom is -0.493 e. The van der Waals surface area contributed by atoms with Gasteiger partial charge >= 0.3 is 0 Å². The molecule has 1 heterocycles. The monoisotopic (exact) mass is 386 g/mol. The molecule has 0 saturated heterocycles. The van der Waals surface area contributed by atoms with Gasteiger partial charge in [-0.3, -0.25) is 4.98 Å². The van der Waals surface area contributed by atoms with Crippen LogP contribution in [0, 0.1) is 0 Å². The highest BCUT2D eigenvalue weighted by Crippen LogP contribution is 2.36. The molecule has 0 saturated carbocycles. The first kappa shape index (κ1) is 18.7. The Morgan fingerprint density at radius 3 is 2.68 bits per heavy atom. The topological polar surface area (TPSA) is 43.4 Å². The van der Waals surface area contributed by atoms with E-state index in [1.165, 1.54) is 0 Å². The molecule has 120 valence electrons. The van der Waals surface area contributed by atoms with E-state index in [4.69, 9.17) is 9.47 Å². The van der Waals surface area contributed by atoms with Crippen molar-refractivity contribution in [1.82, 2.24) is 10.3 Å². The lowest BCUT2D eigenvalue weighted by Crippen LogP contribution is -2.13. The van der Waals surface area contributed by atoms with Crippen molar-refractivity contribution in [2.45, 2.75) is 20.0 Å². The van der Waals surface area contributed by atoms with E-state index in [9.17, 15) is 0 Å². The zero-order valence-corrected chi connectivity index (χ0v) is 15.0. The third-order valence-electron chi connectivity index (χ3n) is 2.94. The van der Waals surface area contributed by atoms with E-state index in [-0.39, 0.29) is 12.4 Å². The standard InChI is InChI=1S/C16H19BrN2O2.ClH/c1-3-21-16-14(17)8-12(9-15(16)20-2)10-18-11-13-6-4-5-7-19-13;/h4-9,18H,3,10-11H2,1-2H3;1H. The summed E-state index contributed by atoms with van der Waals surface area (Å²) in [5.74, 6) is 1.48. The molecular weight excluding hydrogens is 368 g/mol. The Morgan fingerprint density at radius 1 is 1.23 bits per heavy atom. The van der Waals surface area contributed by atoms with Gasteiger partial charge in [-0.15, -0.1) is 12.4 Å². The van der Waals surface area contributed by atoms with Gasteiger partial charge in [0.05, 0.1) is 23.9 Å². The summed E-state index contributed by atoms with van der Waals surface area (Å²) in [7, 11) is 1.65. The predicted molar refractivity (Wildman–Crippen MR) is 93.9 cm³/mol. The third-order valence-corrected chi connectivity index (χ3v) is 3.53. The van der Waals surface area contributed by atoms with Gasteiger partial charge in [-0.1, -0.05) is 6.07 Å². The van der Waals surface area contributed by atoms with Gasteiger partial charge in [-0.05, 0) is 52.7 Å². The Kier molecular flexibility index (Phi) is 8.24. The summed E-state index contributed by atoms with van der Waals surface area (Å²) in [6.07, 6.45) is 1.80. The number of halogens is 2. The van der Waals surface area contributed by atoms with Crippen LogP contribution in [0.25, 0.3) is 0 Å². The highest BCUT2D eigenvalue weighted by atomic mass is 79.9. The molecule has 2 rings (SSSR count). The maximum Gasteiger partial charge on any atom is 0.175 e. The number of nitrogens with one attached hydrogen (secondary N) is 1. The van der Waals surface area contributed by atoms with Crippen LogP contribution in [0.15, 0.2) is 41.0 Å². The number of ether oxygens (including phenoxy) is 2. The molecule has 4 nitrogen and oxygen atoms in total. The number of pyridine rings is 1. The van der Waals surface area contributed by atoms with Gasteiger partial charge in [0, 0.05) is 19.3 Å². The highest BCUT2D eigenvalue weighted by Gasteiger charge is 2.11. The first-order valence-electron chi connectivity index (χ1n) is 6.84.